The summed E-state index contributed by atoms with van der Waals surface area (Å²) in [6.45, 7) is 1.86. The molecular weight excluding hydrogens is 220 g/mol. The van der Waals surface area contributed by atoms with Gasteiger partial charge in [0.1, 0.15) is 5.82 Å². The van der Waals surface area contributed by atoms with E-state index in [4.69, 9.17) is 5.11 Å². The van der Waals surface area contributed by atoms with E-state index in [0.717, 1.165) is 11.5 Å². The molecule has 0 saturated carbocycles. The first-order chi connectivity index (χ1) is 8.09. The van der Waals surface area contributed by atoms with Crippen LogP contribution in [-0.2, 0) is 4.79 Å². The summed E-state index contributed by atoms with van der Waals surface area (Å²) in [7, 11) is 0. The predicted octanol–water partition coefficient (Wildman–Crippen LogP) is 1.45. The van der Waals surface area contributed by atoms with E-state index in [1.807, 2.05) is 11.5 Å². The van der Waals surface area contributed by atoms with Crippen molar-refractivity contribution in [1.82, 2.24) is 9.55 Å². The number of aryl methyl sites for hydroxylation is 1. The molecule has 0 saturated heterocycles. The van der Waals surface area contributed by atoms with Gasteiger partial charge in [-0.2, -0.15) is 0 Å². The van der Waals surface area contributed by atoms with Crippen LogP contribution in [0, 0.1) is 6.92 Å². The van der Waals surface area contributed by atoms with Crippen molar-refractivity contribution in [2.75, 3.05) is 0 Å². The van der Waals surface area contributed by atoms with Crippen LogP contribution in [0.3, 0.4) is 0 Å². The normalized spacial score (nSPS) is 10.2. The van der Waals surface area contributed by atoms with Crippen molar-refractivity contribution in [3.05, 3.63) is 48.0 Å². The van der Waals surface area contributed by atoms with Crippen LogP contribution >= 0.6 is 0 Å². The molecule has 0 atom stereocenters. The van der Waals surface area contributed by atoms with Crippen LogP contribution in [0.2, 0.25) is 0 Å². The Morgan fingerprint density at radius 2 is 1.88 bits per heavy atom. The van der Waals surface area contributed by atoms with E-state index < -0.39 is 11.8 Å². The van der Waals surface area contributed by atoms with Gasteiger partial charge in [-0.25, -0.2) is 9.78 Å². The number of carboxylic acid groups (broad SMARTS) is 1. The van der Waals surface area contributed by atoms with Gasteiger partial charge in [0.15, 0.2) is 0 Å². The molecule has 0 aliphatic carbocycles. The molecule has 1 aromatic carbocycles. The number of rotatable bonds is 3. The van der Waals surface area contributed by atoms with E-state index in [9.17, 15) is 9.59 Å². The molecule has 2 rings (SSSR count). The molecule has 1 heterocycles. The second-order valence-electron chi connectivity index (χ2n) is 3.53. The molecule has 0 bridgehead atoms. The summed E-state index contributed by atoms with van der Waals surface area (Å²) in [4.78, 5) is 25.8. The summed E-state index contributed by atoms with van der Waals surface area (Å²) < 4.78 is 1.84. The van der Waals surface area contributed by atoms with Crippen LogP contribution in [0.5, 0.6) is 0 Å². The molecule has 0 aliphatic heterocycles. The number of Topliss-reactive ketones (excluding diaryl/α,β-unsaturated/α-hetero) is 1. The Bertz CT molecular complexity index is 570. The van der Waals surface area contributed by atoms with E-state index in [1.165, 1.54) is 12.1 Å². The van der Waals surface area contributed by atoms with E-state index in [1.54, 1.807) is 24.5 Å². The van der Waals surface area contributed by atoms with E-state index in [2.05, 4.69) is 4.98 Å². The Hall–Kier alpha value is -2.43. The standard InChI is InChI=1S/C12H10N2O3/c1-8-13-6-7-14(8)10-4-2-9(3-5-10)11(15)12(16)17/h2-7H,1H3,(H,16,17). The molecule has 5 heteroatoms. The molecule has 0 unspecified atom stereocenters. The van der Waals surface area contributed by atoms with E-state index >= 15 is 0 Å². The third-order valence-electron chi connectivity index (χ3n) is 2.43. The maximum Gasteiger partial charge on any atom is 0.377 e. The van der Waals surface area contributed by atoms with Crippen LogP contribution < -0.4 is 0 Å². The Kier molecular flexibility index (Phi) is 2.74. The Labute approximate surface area is 97.3 Å². The highest BCUT2D eigenvalue weighted by molar-refractivity contribution is 6.39. The number of carbonyl (C=O) groups excluding carboxylic acids is 1. The fraction of sp³-hybridized carbons (Fsp3) is 0.0833. The highest BCUT2D eigenvalue weighted by atomic mass is 16.4. The van der Waals surface area contributed by atoms with Gasteiger partial charge in [-0.05, 0) is 31.2 Å². The summed E-state index contributed by atoms with van der Waals surface area (Å²) in [6.07, 6.45) is 3.47. The first-order valence-corrected chi connectivity index (χ1v) is 4.97. The van der Waals surface area contributed by atoms with Crippen molar-refractivity contribution in [3.63, 3.8) is 0 Å². The number of nitrogens with zero attached hydrogens (tertiary/aromatic N) is 2. The van der Waals surface area contributed by atoms with Crippen LogP contribution in [0.4, 0.5) is 0 Å². The average molecular weight is 230 g/mol. The van der Waals surface area contributed by atoms with Crippen molar-refractivity contribution in [2.45, 2.75) is 6.92 Å². The van der Waals surface area contributed by atoms with Gasteiger partial charge in [0.2, 0.25) is 0 Å². The first-order valence-electron chi connectivity index (χ1n) is 4.97. The molecule has 0 aliphatic rings. The van der Waals surface area contributed by atoms with E-state index in [-0.39, 0.29) is 5.56 Å². The fourth-order valence-corrected chi connectivity index (χ4v) is 1.55. The maximum atomic E-state index is 11.2. The van der Waals surface area contributed by atoms with Gasteiger partial charge in [0, 0.05) is 23.6 Å². The minimum Gasteiger partial charge on any atom is -0.475 e. The van der Waals surface area contributed by atoms with Gasteiger partial charge in [0.25, 0.3) is 5.78 Å². The van der Waals surface area contributed by atoms with Crippen molar-refractivity contribution in [1.29, 1.82) is 0 Å². The fourth-order valence-electron chi connectivity index (χ4n) is 1.55. The van der Waals surface area contributed by atoms with Crippen LogP contribution in [0.1, 0.15) is 16.2 Å². The number of aromatic nitrogens is 2. The lowest BCUT2D eigenvalue weighted by Crippen LogP contribution is -2.12. The van der Waals surface area contributed by atoms with Gasteiger partial charge in [-0.15, -0.1) is 0 Å². The Balaban J connectivity index is 2.34. The number of aliphatic carboxylic acids is 1. The number of carbonyl (C=O) groups is 2. The van der Waals surface area contributed by atoms with Crippen molar-refractivity contribution < 1.29 is 14.7 Å². The molecule has 0 fully saturated rings. The number of hydrogen-bond donors (Lipinski definition) is 1. The smallest absolute Gasteiger partial charge is 0.377 e. The summed E-state index contributed by atoms with van der Waals surface area (Å²) in [5, 5.41) is 8.57. The molecule has 1 aromatic heterocycles. The van der Waals surface area contributed by atoms with Gasteiger partial charge >= 0.3 is 5.97 Å². The molecule has 0 radical (unpaired) electrons. The summed E-state index contributed by atoms with van der Waals surface area (Å²) >= 11 is 0. The molecule has 86 valence electrons. The lowest BCUT2D eigenvalue weighted by molar-refractivity contribution is -0.131. The first kappa shape index (κ1) is 11.1. The van der Waals surface area contributed by atoms with Crippen molar-refractivity contribution in [2.24, 2.45) is 0 Å². The SMILES string of the molecule is Cc1nccn1-c1ccc(C(=O)C(=O)O)cc1. The van der Waals surface area contributed by atoms with Gasteiger partial charge in [-0.3, -0.25) is 4.79 Å². The van der Waals surface area contributed by atoms with Crippen LogP contribution in [0.25, 0.3) is 5.69 Å². The summed E-state index contributed by atoms with van der Waals surface area (Å²) in [6, 6.07) is 6.35. The summed E-state index contributed by atoms with van der Waals surface area (Å²) in [5.74, 6) is -1.53. The van der Waals surface area contributed by atoms with Crippen molar-refractivity contribution in [3.8, 4) is 5.69 Å². The predicted molar refractivity (Wildman–Crippen MR) is 60.3 cm³/mol. The Morgan fingerprint density at radius 1 is 1.24 bits per heavy atom. The largest absolute Gasteiger partial charge is 0.475 e. The molecule has 0 amide bonds. The number of benzene rings is 1. The molecule has 17 heavy (non-hydrogen) atoms. The zero-order valence-corrected chi connectivity index (χ0v) is 9.12. The average Bonchev–Trinajstić information content (AvgIpc) is 2.74. The molecule has 0 spiro atoms. The molecule has 2 aromatic rings. The minimum absolute atomic E-state index is 0.166. The monoisotopic (exact) mass is 230 g/mol. The third kappa shape index (κ3) is 2.08. The molecular formula is C12H10N2O3. The number of hydrogen-bond acceptors (Lipinski definition) is 3. The lowest BCUT2D eigenvalue weighted by atomic mass is 10.1. The quantitative estimate of drug-likeness (QED) is 0.639. The number of ketones is 1. The topological polar surface area (TPSA) is 72.2 Å². The number of carboxylic acids is 1. The lowest BCUT2D eigenvalue weighted by Gasteiger charge is -2.05. The second kappa shape index (κ2) is 4.21. The number of imidazole rings is 1. The van der Waals surface area contributed by atoms with Gasteiger partial charge in [0.05, 0.1) is 0 Å². The molecule has 5 nitrogen and oxygen atoms in total. The maximum absolute atomic E-state index is 11.2. The minimum atomic E-state index is -1.45. The zero-order valence-electron chi connectivity index (χ0n) is 9.12. The molecule has 1 N–H and O–H groups in total. The Morgan fingerprint density at radius 3 is 2.35 bits per heavy atom. The second-order valence-corrected chi connectivity index (χ2v) is 3.53. The van der Waals surface area contributed by atoms with Gasteiger partial charge in [-0.1, -0.05) is 0 Å². The zero-order chi connectivity index (χ0) is 12.4. The highest BCUT2D eigenvalue weighted by Gasteiger charge is 2.14. The van der Waals surface area contributed by atoms with Crippen LogP contribution in [-0.4, -0.2) is 26.4 Å². The van der Waals surface area contributed by atoms with Gasteiger partial charge < -0.3 is 9.67 Å². The highest BCUT2D eigenvalue weighted by Crippen LogP contribution is 2.12. The van der Waals surface area contributed by atoms with Crippen molar-refractivity contribution >= 4 is 11.8 Å². The van der Waals surface area contributed by atoms with Crippen LogP contribution in [0.15, 0.2) is 36.7 Å². The third-order valence-corrected chi connectivity index (χ3v) is 2.43. The summed E-state index contributed by atoms with van der Waals surface area (Å²) in [5.41, 5.74) is 1.00. The van der Waals surface area contributed by atoms with E-state index in [0.29, 0.717) is 0 Å².